The highest BCUT2D eigenvalue weighted by Crippen LogP contribution is 2.39. The van der Waals surface area contributed by atoms with Gasteiger partial charge >= 0.3 is 0 Å². The van der Waals surface area contributed by atoms with Crippen molar-refractivity contribution < 1.29 is 9.59 Å². The number of unbranched alkanes of at least 4 members (excludes halogenated alkanes) is 2. The number of carbonyl (C=O) groups excluding carboxylic acids is 2. The van der Waals surface area contributed by atoms with Crippen LogP contribution in [0.5, 0.6) is 0 Å². The molecule has 0 aliphatic carbocycles. The number of halogens is 1. The number of thiophene rings is 1. The number of fused-ring (bicyclic) bond motifs is 3. The zero-order chi connectivity index (χ0) is 31.2. The Bertz CT molecular complexity index is 1490. The van der Waals surface area contributed by atoms with E-state index in [1.807, 2.05) is 36.1 Å². The predicted octanol–water partition coefficient (Wildman–Crippen LogP) is 4.36. The number of aromatic nitrogens is 3. The van der Waals surface area contributed by atoms with Gasteiger partial charge in [-0.15, -0.1) is 21.5 Å². The van der Waals surface area contributed by atoms with Gasteiger partial charge in [0.05, 0.1) is 12.1 Å². The third kappa shape index (κ3) is 7.39. The molecule has 5 rings (SSSR count). The third-order valence-corrected chi connectivity index (χ3v) is 9.97. The zero-order valence-electron chi connectivity index (χ0n) is 25.9. The van der Waals surface area contributed by atoms with Crippen LogP contribution in [-0.4, -0.2) is 87.9 Å². The van der Waals surface area contributed by atoms with Gasteiger partial charge in [-0.05, 0) is 70.8 Å². The summed E-state index contributed by atoms with van der Waals surface area (Å²) in [5.41, 5.74) is 9.55. The summed E-state index contributed by atoms with van der Waals surface area (Å²) >= 11 is 7.91. The van der Waals surface area contributed by atoms with Gasteiger partial charge in [0.15, 0.2) is 5.82 Å². The van der Waals surface area contributed by atoms with Crippen molar-refractivity contribution in [3.05, 3.63) is 62.5 Å². The first kappa shape index (κ1) is 32.3. The van der Waals surface area contributed by atoms with Gasteiger partial charge in [-0.25, -0.2) is 0 Å². The number of benzene rings is 1. The van der Waals surface area contributed by atoms with E-state index < -0.39 is 6.04 Å². The highest BCUT2D eigenvalue weighted by atomic mass is 35.5. The van der Waals surface area contributed by atoms with Crippen LogP contribution in [0.1, 0.15) is 77.8 Å². The minimum absolute atomic E-state index is 0.0652. The quantitative estimate of drug-likeness (QED) is 0.284. The van der Waals surface area contributed by atoms with Crippen LogP contribution in [0.25, 0.3) is 5.00 Å². The summed E-state index contributed by atoms with van der Waals surface area (Å²) in [4.78, 5) is 36.4. The van der Waals surface area contributed by atoms with Crippen LogP contribution in [-0.2, 0) is 9.59 Å². The molecule has 12 heteroatoms. The molecular formula is C32H43ClN8O2S. The Balaban J connectivity index is 1.19. The normalized spacial score (nSPS) is 16.7. The number of carbonyl (C=O) groups is 2. The Morgan fingerprint density at radius 1 is 1.02 bits per heavy atom. The molecule has 236 valence electrons. The van der Waals surface area contributed by atoms with Crippen LogP contribution in [0.15, 0.2) is 29.3 Å². The first-order valence-corrected chi connectivity index (χ1v) is 16.8. The Labute approximate surface area is 268 Å². The second-order valence-electron chi connectivity index (χ2n) is 11.6. The standard InChI is InChI=1S/C32H43ClN8O2S/c1-21-22(2)44-32-29(21)30(24-9-11-25(33)12-10-24)36-26(31-38-37-23(3)41(31)32)20-27(42)35-14-7-15-39-16-18-40(19-17-39)28(43)8-5-4-6-13-34/h9-12,26H,4-8,13-20,34H2,1-3H3,(H,35,42). The fraction of sp³-hybridized carbons (Fsp3) is 0.531. The van der Waals surface area contributed by atoms with E-state index in [2.05, 4.69) is 38.8 Å². The zero-order valence-corrected chi connectivity index (χ0v) is 27.5. The second-order valence-corrected chi connectivity index (χ2v) is 13.3. The molecule has 2 amide bonds. The SMILES string of the molecule is Cc1sc2c(c1C)C(c1ccc(Cl)cc1)=NC(CC(=O)NCCCN1CCN(C(=O)CCCCCN)CC1)c1nnc(C)n1-2. The van der Waals surface area contributed by atoms with E-state index >= 15 is 0 Å². The molecule has 0 bridgehead atoms. The Hall–Kier alpha value is -3.12. The van der Waals surface area contributed by atoms with E-state index in [1.54, 1.807) is 11.3 Å². The van der Waals surface area contributed by atoms with Gasteiger partial charge in [0.2, 0.25) is 11.8 Å². The summed E-state index contributed by atoms with van der Waals surface area (Å²) in [6.45, 7) is 11.6. The molecular weight excluding hydrogens is 596 g/mol. The van der Waals surface area contributed by atoms with Crippen LogP contribution in [0.3, 0.4) is 0 Å². The van der Waals surface area contributed by atoms with Crippen molar-refractivity contribution in [3.8, 4) is 5.00 Å². The summed E-state index contributed by atoms with van der Waals surface area (Å²) in [5.74, 6) is 1.63. The van der Waals surface area contributed by atoms with Crippen LogP contribution in [0.2, 0.25) is 5.02 Å². The van der Waals surface area contributed by atoms with Crippen molar-refractivity contribution >= 4 is 40.5 Å². The molecule has 0 saturated carbocycles. The van der Waals surface area contributed by atoms with E-state index in [-0.39, 0.29) is 18.2 Å². The molecule has 3 aromatic rings. The van der Waals surface area contributed by atoms with E-state index in [1.165, 1.54) is 4.88 Å². The molecule has 1 fully saturated rings. The Morgan fingerprint density at radius 3 is 2.50 bits per heavy atom. The fourth-order valence-corrected chi connectivity index (χ4v) is 7.23. The van der Waals surface area contributed by atoms with E-state index in [9.17, 15) is 9.59 Å². The summed E-state index contributed by atoms with van der Waals surface area (Å²) in [6, 6.07) is 7.21. The van der Waals surface area contributed by atoms with Crippen molar-refractivity contribution in [2.45, 2.75) is 65.3 Å². The molecule has 0 spiro atoms. The molecule has 1 unspecified atom stereocenters. The number of nitrogens with zero attached hydrogens (tertiary/aromatic N) is 6. The minimum atomic E-state index is -0.484. The highest BCUT2D eigenvalue weighted by molar-refractivity contribution is 7.15. The first-order chi connectivity index (χ1) is 21.3. The Morgan fingerprint density at radius 2 is 1.77 bits per heavy atom. The average molecular weight is 639 g/mol. The van der Waals surface area contributed by atoms with Gasteiger partial charge in [0, 0.05) is 60.2 Å². The molecule has 3 N–H and O–H groups in total. The lowest BCUT2D eigenvalue weighted by Crippen LogP contribution is -2.49. The number of amides is 2. The van der Waals surface area contributed by atoms with Gasteiger partial charge in [0.1, 0.15) is 16.9 Å². The molecule has 2 aliphatic rings. The summed E-state index contributed by atoms with van der Waals surface area (Å²) in [7, 11) is 0. The van der Waals surface area contributed by atoms with Crippen molar-refractivity contribution in [3.63, 3.8) is 0 Å². The lowest BCUT2D eigenvalue weighted by atomic mass is 9.99. The minimum Gasteiger partial charge on any atom is -0.356 e. The van der Waals surface area contributed by atoms with Crippen molar-refractivity contribution in [1.82, 2.24) is 29.9 Å². The molecule has 1 atom stereocenters. The van der Waals surface area contributed by atoms with Crippen LogP contribution >= 0.6 is 22.9 Å². The van der Waals surface area contributed by atoms with Crippen LogP contribution in [0, 0.1) is 20.8 Å². The highest BCUT2D eigenvalue weighted by Gasteiger charge is 2.32. The van der Waals surface area contributed by atoms with Gasteiger partial charge in [-0.1, -0.05) is 30.2 Å². The molecule has 1 saturated heterocycles. The van der Waals surface area contributed by atoms with Crippen LogP contribution < -0.4 is 11.1 Å². The van der Waals surface area contributed by atoms with Gasteiger partial charge < -0.3 is 16.0 Å². The topological polar surface area (TPSA) is 122 Å². The average Bonchev–Trinajstić information content (AvgIpc) is 3.50. The lowest BCUT2D eigenvalue weighted by molar-refractivity contribution is -0.133. The van der Waals surface area contributed by atoms with Crippen molar-refractivity contribution in [2.75, 3.05) is 45.8 Å². The van der Waals surface area contributed by atoms with Gasteiger partial charge in [-0.3, -0.25) is 24.0 Å². The number of aryl methyl sites for hydroxylation is 2. The number of rotatable bonds is 12. The van der Waals surface area contributed by atoms with Crippen molar-refractivity contribution in [2.24, 2.45) is 10.7 Å². The summed E-state index contributed by atoms with van der Waals surface area (Å²) in [6.07, 6.45) is 4.53. The molecule has 2 aliphatic heterocycles. The van der Waals surface area contributed by atoms with E-state index in [0.717, 1.165) is 91.6 Å². The van der Waals surface area contributed by atoms with Crippen LogP contribution in [0.4, 0.5) is 0 Å². The molecule has 1 aromatic carbocycles. The maximum Gasteiger partial charge on any atom is 0.222 e. The molecule has 4 heterocycles. The predicted molar refractivity (Wildman–Crippen MR) is 176 cm³/mol. The molecule has 44 heavy (non-hydrogen) atoms. The maximum atomic E-state index is 13.2. The number of piperazine rings is 1. The number of hydrogen-bond acceptors (Lipinski definition) is 8. The number of aliphatic imine (C=N–C) groups is 1. The largest absolute Gasteiger partial charge is 0.356 e. The molecule has 10 nitrogen and oxygen atoms in total. The molecule has 2 aromatic heterocycles. The monoisotopic (exact) mass is 638 g/mol. The smallest absolute Gasteiger partial charge is 0.222 e. The van der Waals surface area contributed by atoms with Crippen molar-refractivity contribution in [1.29, 1.82) is 0 Å². The lowest BCUT2D eigenvalue weighted by Gasteiger charge is -2.34. The first-order valence-electron chi connectivity index (χ1n) is 15.6. The number of hydrogen-bond donors (Lipinski definition) is 2. The van der Waals surface area contributed by atoms with Gasteiger partial charge in [-0.2, -0.15) is 0 Å². The summed E-state index contributed by atoms with van der Waals surface area (Å²) in [5, 5.41) is 13.7. The number of nitrogens with one attached hydrogen (secondary N) is 1. The second kappa shape index (κ2) is 14.8. The third-order valence-electron chi connectivity index (χ3n) is 8.53. The van der Waals surface area contributed by atoms with E-state index in [4.69, 9.17) is 22.3 Å². The fourth-order valence-electron chi connectivity index (χ4n) is 5.89. The maximum absolute atomic E-state index is 13.2. The number of nitrogens with two attached hydrogens (primary N) is 1. The Kier molecular flexibility index (Phi) is 10.8. The molecule has 0 radical (unpaired) electrons. The van der Waals surface area contributed by atoms with Gasteiger partial charge in [0.25, 0.3) is 0 Å². The summed E-state index contributed by atoms with van der Waals surface area (Å²) < 4.78 is 2.06. The van der Waals surface area contributed by atoms with E-state index in [0.29, 0.717) is 30.4 Å².